The maximum Gasteiger partial charge on any atom is 0.133 e. The molecular weight excluding hydrogens is 302 g/mol. The van der Waals surface area contributed by atoms with Crippen LogP contribution in [0.5, 0.6) is 0 Å². The van der Waals surface area contributed by atoms with Gasteiger partial charge < -0.3 is 0 Å². The number of hydrogen-bond donors (Lipinski definition) is 0. The Hall–Kier alpha value is -1.78. The Morgan fingerprint density at radius 2 is 1.90 bits per heavy atom. The minimum absolute atomic E-state index is 0.497. The average molecular weight is 316 g/mol. The van der Waals surface area contributed by atoms with Crippen molar-refractivity contribution in [3.63, 3.8) is 0 Å². The molecule has 0 atom stereocenters. The van der Waals surface area contributed by atoms with Crippen LogP contribution in [0, 0.1) is 0 Å². The number of aryl methyl sites for hydroxylation is 1. The molecule has 0 radical (unpaired) electrons. The van der Waals surface area contributed by atoms with Gasteiger partial charge in [0.15, 0.2) is 0 Å². The summed E-state index contributed by atoms with van der Waals surface area (Å²) < 4.78 is 0. The van der Waals surface area contributed by atoms with Crippen LogP contribution in [0.2, 0.25) is 5.15 Å². The van der Waals surface area contributed by atoms with E-state index in [9.17, 15) is 0 Å². The van der Waals surface area contributed by atoms with Gasteiger partial charge >= 0.3 is 0 Å². The van der Waals surface area contributed by atoms with Crippen LogP contribution in [0.4, 0.5) is 0 Å². The largest absolute Gasteiger partial charge is 0.241 e. The van der Waals surface area contributed by atoms with Gasteiger partial charge in [-0.15, -0.1) is 11.3 Å². The Kier molecular flexibility index (Phi) is 4.27. The molecule has 21 heavy (non-hydrogen) atoms. The van der Waals surface area contributed by atoms with E-state index in [0.29, 0.717) is 11.6 Å². The summed E-state index contributed by atoms with van der Waals surface area (Å²) >= 11 is 7.67. The second-order valence-corrected chi connectivity index (χ2v) is 5.95. The molecule has 0 aliphatic heterocycles. The van der Waals surface area contributed by atoms with Gasteiger partial charge in [0.2, 0.25) is 0 Å². The lowest BCUT2D eigenvalue weighted by Crippen LogP contribution is -1.99. The Balaban J connectivity index is 1.83. The Morgan fingerprint density at radius 3 is 2.67 bits per heavy atom. The van der Waals surface area contributed by atoms with Gasteiger partial charge in [-0.25, -0.2) is 15.0 Å². The van der Waals surface area contributed by atoms with Crippen LogP contribution in [0.15, 0.2) is 41.8 Å². The summed E-state index contributed by atoms with van der Waals surface area (Å²) in [6.45, 7) is 2.02. The van der Waals surface area contributed by atoms with E-state index in [4.69, 9.17) is 11.6 Å². The predicted octanol–water partition coefficient (Wildman–Crippen LogP) is 4.41. The molecule has 0 bridgehead atoms. The fourth-order valence-electron chi connectivity index (χ4n) is 2.05. The van der Waals surface area contributed by atoms with Gasteiger partial charge in [-0.3, -0.25) is 0 Å². The van der Waals surface area contributed by atoms with Gasteiger partial charge in [-0.2, -0.15) is 0 Å². The molecule has 106 valence electrons. The van der Waals surface area contributed by atoms with E-state index in [1.807, 2.05) is 31.2 Å². The summed E-state index contributed by atoms with van der Waals surface area (Å²) in [7, 11) is 0. The van der Waals surface area contributed by atoms with E-state index < -0.39 is 0 Å². The van der Waals surface area contributed by atoms with Gasteiger partial charge in [-0.05, 0) is 6.07 Å². The van der Waals surface area contributed by atoms with Crippen LogP contribution in [0.3, 0.4) is 0 Å². The summed E-state index contributed by atoms with van der Waals surface area (Å²) in [5.74, 6) is 0.775. The molecule has 1 aromatic carbocycles. The first-order valence-corrected chi connectivity index (χ1v) is 8.02. The van der Waals surface area contributed by atoms with E-state index >= 15 is 0 Å². The summed E-state index contributed by atoms with van der Waals surface area (Å²) in [6, 6.07) is 12.0. The standard InChI is InChI=1S/C16H14ClN3S/c1-2-15-18-12(8-14(17)20-15)9-16-19-13(10-21-16)11-6-4-3-5-7-11/h3-8,10H,2,9H2,1H3. The number of rotatable bonds is 4. The highest BCUT2D eigenvalue weighted by Gasteiger charge is 2.08. The second kappa shape index (κ2) is 6.33. The zero-order chi connectivity index (χ0) is 14.7. The number of nitrogens with zero attached hydrogens (tertiary/aromatic N) is 3. The summed E-state index contributed by atoms with van der Waals surface area (Å²) in [4.78, 5) is 13.4. The molecule has 5 heteroatoms. The molecule has 3 aromatic rings. The van der Waals surface area contributed by atoms with Gasteiger partial charge in [0, 0.05) is 23.8 Å². The molecular formula is C16H14ClN3S. The smallest absolute Gasteiger partial charge is 0.133 e. The summed E-state index contributed by atoms with van der Waals surface area (Å²) in [5, 5.41) is 3.61. The Morgan fingerprint density at radius 1 is 1.10 bits per heavy atom. The lowest BCUT2D eigenvalue weighted by molar-refractivity contribution is 0.895. The number of aromatic nitrogens is 3. The van der Waals surface area contributed by atoms with Gasteiger partial charge in [-0.1, -0.05) is 48.9 Å². The molecule has 0 unspecified atom stereocenters. The van der Waals surface area contributed by atoms with Crippen molar-refractivity contribution in [3.05, 3.63) is 63.5 Å². The third kappa shape index (κ3) is 3.46. The van der Waals surface area contributed by atoms with E-state index in [1.165, 1.54) is 0 Å². The third-order valence-electron chi connectivity index (χ3n) is 3.06. The third-order valence-corrected chi connectivity index (χ3v) is 4.11. The fourth-order valence-corrected chi connectivity index (χ4v) is 3.10. The first kappa shape index (κ1) is 14.2. The van der Waals surface area contributed by atoms with Crippen LogP contribution in [-0.2, 0) is 12.8 Å². The lowest BCUT2D eigenvalue weighted by Gasteiger charge is -2.01. The first-order valence-electron chi connectivity index (χ1n) is 6.76. The van der Waals surface area contributed by atoms with Crippen molar-refractivity contribution in [3.8, 4) is 11.3 Å². The normalized spacial score (nSPS) is 10.8. The molecule has 0 saturated carbocycles. The van der Waals surface area contributed by atoms with Crippen molar-refractivity contribution in [2.75, 3.05) is 0 Å². The molecule has 2 aromatic heterocycles. The molecule has 3 nitrogen and oxygen atoms in total. The van der Waals surface area contributed by atoms with E-state index in [0.717, 1.165) is 34.2 Å². The van der Waals surface area contributed by atoms with E-state index in [-0.39, 0.29) is 0 Å². The van der Waals surface area contributed by atoms with E-state index in [1.54, 1.807) is 11.3 Å². The van der Waals surface area contributed by atoms with Gasteiger partial charge in [0.05, 0.1) is 16.4 Å². The molecule has 0 N–H and O–H groups in total. The van der Waals surface area contributed by atoms with E-state index in [2.05, 4.69) is 32.5 Å². The van der Waals surface area contributed by atoms with Crippen molar-refractivity contribution in [1.82, 2.24) is 15.0 Å². The number of thiazole rings is 1. The Labute approximate surface area is 132 Å². The zero-order valence-corrected chi connectivity index (χ0v) is 13.2. The highest BCUT2D eigenvalue weighted by molar-refractivity contribution is 7.10. The minimum atomic E-state index is 0.497. The average Bonchev–Trinajstić information content (AvgIpc) is 2.96. The number of benzene rings is 1. The summed E-state index contributed by atoms with van der Waals surface area (Å²) in [5.41, 5.74) is 3.06. The zero-order valence-electron chi connectivity index (χ0n) is 11.6. The van der Waals surface area contributed by atoms with Gasteiger partial charge in [0.25, 0.3) is 0 Å². The van der Waals surface area contributed by atoms with Crippen LogP contribution in [-0.4, -0.2) is 15.0 Å². The van der Waals surface area contributed by atoms with Crippen LogP contribution < -0.4 is 0 Å². The van der Waals surface area contributed by atoms with Crippen LogP contribution in [0.1, 0.15) is 23.4 Å². The van der Waals surface area contributed by atoms with Crippen molar-refractivity contribution < 1.29 is 0 Å². The molecule has 0 amide bonds. The van der Waals surface area contributed by atoms with Crippen LogP contribution in [0.25, 0.3) is 11.3 Å². The number of hydrogen-bond acceptors (Lipinski definition) is 4. The molecule has 0 aliphatic rings. The van der Waals surface area contributed by atoms with Crippen molar-refractivity contribution >= 4 is 22.9 Å². The fraction of sp³-hybridized carbons (Fsp3) is 0.188. The van der Waals surface area contributed by atoms with Gasteiger partial charge in [0.1, 0.15) is 11.0 Å². The quantitative estimate of drug-likeness (QED) is 0.669. The Bertz CT molecular complexity index is 740. The number of halogens is 1. The minimum Gasteiger partial charge on any atom is -0.241 e. The van der Waals surface area contributed by atoms with Crippen molar-refractivity contribution in [1.29, 1.82) is 0 Å². The molecule has 0 spiro atoms. The molecule has 2 heterocycles. The topological polar surface area (TPSA) is 38.7 Å². The highest BCUT2D eigenvalue weighted by Crippen LogP contribution is 2.23. The maximum atomic E-state index is 6.03. The summed E-state index contributed by atoms with van der Waals surface area (Å²) in [6.07, 6.45) is 1.47. The molecule has 0 saturated heterocycles. The second-order valence-electron chi connectivity index (χ2n) is 4.62. The highest BCUT2D eigenvalue weighted by atomic mass is 35.5. The molecule has 0 aliphatic carbocycles. The lowest BCUT2D eigenvalue weighted by atomic mass is 10.2. The SMILES string of the molecule is CCc1nc(Cl)cc(Cc2nc(-c3ccccc3)cs2)n1. The first-order chi connectivity index (χ1) is 10.2. The van der Waals surface area contributed by atoms with Crippen LogP contribution >= 0.6 is 22.9 Å². The van der Waals surface area contributed by atoms with Crippen molar-refractivity contribution in [2.24, 2.45) is 0 Å². The molecule has 3 rings (SSSR count). The monoisotopic (exact) mass is 315 g/mol. The molecule has 0 fully saturated rings. The van der Waals surface area contributed by atoms with Crippen molar-refractivity contribution in [2.45, 2.75) is 19.8 Å². The maximum absolute atomic E-state index is 6.03. The predicted molar refractivity (Wildman–Crippen MR) is 86.8 cm³/mol.